The molecule has 1 aliphatic heterocycles. The average Bonchev–Trinajstić information content (AvgIpc) is 2.90. The lowest BCUT2D eigenvalue weighted by atomic mass is 9.57. The second-order valence-corrected chi connectivity index (χ2v) is 6.51. The molecule has 3 rings (SSSR count). The molecule has 3 unspecified atom stereocenters. The Kier molecular flexibility index (Phi) is 3.99. The van der Waals surface area contributed by atoms with Crippen molar-refractivity contribution in [2.75, 3.05) is 19.8 Å². The predicted octanol–water partition coefficient (Wildman–Crippen LogP) is 2.86. The van der Waals surface area contributed by atoms with Crippen LogP contribution in [0.5, 0.6) is 5.75 Å². The van der Waals surface area contributed by atoms with E-state index in [4.69, 9.17) is 9.47 Å². The third-order valence-electron chi connectivity index (χ3n) is 4.80. The molecular weight excluding hydrogens is 250 g/mol. The van der Waals surface area contributed by atoms with Crippen LogP contribution >= 0.6 is 0 Å². The molecule has 0 bridgehead atoms. The lowest BCUT2D eigenvalue weighted by Gasteiger charge is -2.55. The van der Waals surface area contributed by atoms with Crippen molar-refractivity contribution in [1.82, 2.24) is 5.32 Å². The van der Waals surface area contributed by atoms with Gasteiger partial charge in [-0.2, -0.15) is 0 Å². The Bertz CT molecular complexity index is 432. The van der Waals surface area contributed by atoms with Crippen LogP contribution in [0.2, 0.25) is 0 Å². The Morgan fingerprint density at radius 3 is 2.90 bits per heavy atom. The van der Waals surface area contributed by atoms with E-state index in [0.717, 1.165) is 37.8 Å². The minimum atomic E-state index is 0.279. The van der Waals surface area contributed by atoms with Crippen LogP contribution in [0.4, 0.5) is 0 Å². The van der Waals surface area contributed by atoms with Crippen LogP contribution < -0.4 is 10.1 Å². The number of nitrogens with one attached hydrogen (secondary N) is 1. The smallest absolute Gasteiger partial charge is 0.119 e. The van der Waals surface area contributed by atoms with Gasteiger partial charge in [0, 0.05) is 24.0 Å². The van der Waals surface area contributed by atoms with E-state index in [0.29, 0.717) is 12.1 Å². The first-order valence-electron chi connectivity index (χ1n) is 7.72. The molecule has 1 saturated heterocycles. The molecule has 0 amide bonds. The molecule has 3 nitrogen and oxygen atoms in total. The Balaban J connectivity index is 1.36. The molecular formula is C17H25NO2. The van der Waals surface area contributed by atoms with Gasteiger partial charge in [0.1, 0.15) is 5.75 Å². The van der Waals surface area contributed by atoms with Crippen molar-refractivity contribution in [1.29, 1.82) is 0 Å². The number of hydrogen-bond acceptors (Lipinski definition) is 3. The average molecular weight is 275 g/mol. The monoisotopic (exact) mass is 275 g/mol. The molecule has 1 saturated carbocycles. The van der Waals surface area contributed by atoms with Crippen molar-refractivity contribution < 1.29 is 9.47 Å². The van der Waals surface area contributed by atoms with Gasteiger partial charge in [0.15, 0.2) is 0 Å². The molecule has 110 valence electrons. The number of fused-ring (bicyclic) bond motifs is 1. The minimum Gasteiger partial charge on any atom is -0.494 e. The van der Waals surface area contributed by atoms with Gasteiger partial charge in [0.2, 0.25) is 0 Å². The van der Waals surface area contributed by atoms with Gasteiger partial charge in [-0.15, -0.1) is 0 Å². The van der Waals surface area contributed by atoms with Gasteiger partial charge in [-0.3, -0.25) is 0 Å². The molecule has 1 N–H and O–H groups in total. The zero-order chi connectivity index (χ0) is 14.0. The maximum atomic E-state index is 5.82. The highest BCUT2D eigenvalue weighted by atomic mass is 16.5. The molecule has 3 atom stereocenters. The SMILES string of the molecule is CC1(C)C(NCCCOc2ccccc2)C2CCOC21. The van der Waals surface area contributed by atoms with Gasteiger partial charge >= 0.3 is 0 Å². The van der Waals surface area contributed by atoms with Crippen LogP contribution in [0.1, 0.15) is 26.7 Å². The second kappa shape index (κ2) is 5.74. The summed E-state index contributed by atoms with van der Waals surface area (Å²) in [4.78, 5) is 0. The van der Waals surface area contributed by atoms with E-state index >= 15 is 0 Å². The first-order valence-corrected chi connectivity index (χ1v) is 7.72. The van der Waals surface area contributed by atoms with Gasteiger partial charge in [-0.1, -0.05) is 32.0 Å². The van der Waals surface area contributed by atoms with Crippen molar-refractivity contribution in [3.05, 3.63) is 30.3 Å². The summed E-state index contributed by atoms with van der Waals surface area (Å²) in [6, 6.07) is 10.6. The predicted molar refractivity (Wildman–Crippen MR) is 80.0 cm³/mol. The molecule has 0 aromatic heterocycles. The Hall–Kier alpha value is -1.06. The summed E-state index contributed by atoms with van der Waals surface area (Å²) in [6.45, 7) is 7.36. The Morgan fingerprint density at radius 1 is 1.30 bits per heavy atom. The summed E-state index contributed by atoms with van der Waals surface area (Å²) in [7, 11) is 0. The van der Waals surface area contributed by atoms with Crippen LogP contribution in [0.25, 0.3) is 0 Å². The molecule has 1 aromatic carbocycles. The lowest BCUT2D eigenvalue weighted by Crippen LogP contribution is -2.65. The fourth-order valence-corrected chi connectivity index (χ4v) is 3.78. The Morgan fingerprint density at radius 2 is 2.10 bits per heavy atom. The standard InChI is InChI=1S/C17H25NO2/c1-17(2)15(14-9-12-20-16(14)17)18-10-6-11-19-13-7-4-3-5-8-13/h3-5,7-8,14-16,18H,6,9-12H2,1-2H3. The van der Waals surface area contributed by atoms with Crippen LogP contribution in [0.3, 0.4) is 0 Å². The first kappa shape index (κ1) is 13.9. The highest BCUT2D eigenvalue weighted by molar-refractivity contribution is 5.20. The zero-order valence-electron chi connectivity index (χ0n) is 12.5. The molecule has 1 heterocycles. The van der Waals surface area contributed by atoms with Gasteiger partial charge in [-0.05, 0) is 31.5 Å². The van der Waals surface area contributed by atoms with E-state index in [9.17, 15) is 0 Å². The van der Waals surface area contributed by atoms with E-state index < -0.39 is 0 Å². The van der Waals surface area contributed by atoms with Gasteiger partial charge in [-0.25, -0.2) is 0 Å². The molecule has 3 heteroatoms. The quantitative estimate of drug-likeness (QED) is 0.810. The van der Waals surface area contributed by atoms with E-state index in [1.807, 2.05) is 30.3 Å². The molecule has 20 heavy (non-hydrogen) atoms. The first-order chi connectivity index (χ1) is 9.69. The van der Waals surface area contributed by atoms with E-state index in [1.54, 1.807) is 0 Å². The summed E-state index contributed by atoms with van der Waals surface area (Å²) in [6.07, 6.45) is 2.73. The number of rotatable bonds is 6. The topological polar surface area (TPSA) is 30.5 Å². The molecule has 1 aromatic rings. The third-order valence-corrected chi connectivity index (χ3v) is 4.80. The summed E-state index contributed by atoms with van der Waals surface area (Å²) < 4.78 is 11.5. The Labute approximate surface area is 121 Å². The van der Waals surface area contributed by atoms with Crippen LogP contribution in [-0.4, -0.2) is 31.9 Å². The largest absolute Gasteiger partial charge is 0.494 e. The maximum absolute atomic E-state index is 5.82. The van der Waals surface area contributed by atoms with Gasteiger partial charge in [0.05, 0.1) is 12.7 Å². The van der Waals surface area contributed by atoms with Crippen molar-refractivity contribution in [2.45, 2.75) is 38.8 Å². The lowest BCUT2D eigenvalue weighted by molar-refractivity contribution is -0.112. The molecule has 0 spiro atoms. The number of benzene rings is 1. The zero-order valence-corrected chi connectivity index (χ0v) is 12.5. The normalized spacial score (nSPS) is 30.6. The van der Waals surface area contributed by atoms with Gasteiger partial charge < -0.3 is 14.8 Å². The fraction of sp³-hybridized carbons (Fsp3) is 0.647. The van der Waals surface area contributed by atoms with Crippen LogP contribution in [0, 0.1) is 11.3 Å². The molecule has 1 aliphatic carbocycles. The third kappa shape index (κ3) is 2.57. The molecule has 2 aliphatic rings. The van der Waals surface area contributed by atoms with E-state index in [2.05, 4.69) is 19.2 Å². The molecule has 0 radical (unpaired) electrons. The summed E-state index contributed by atoms with van der Waals surface area (Å²) in [5, 5.41) is 3.71. The van der Waals surface area contributed by atoms with Gasteiger partial charge in [0.25, 0.3) is 0 Å². The summed E-state index contributed by atoms with van der Waals surface area (Å²) >= 11 is 0. The van der Waals surface area contributed by atoms with Crippen molar-refractivity contribution in [3.8, 4) is 5.75 Å². The maximum Gasteiger partial charge on any atom is 0.119 e. The number of ether oxygens (including phenoxy) is 2. The fourth-order valence-electron chi connectivity index (χ4n) is 3.78. The highest BCUT2D eigenvalue weighted by Crippen LogP contribution is 2.51. The molecule has 2 fully saturated rings. The van der Waals surface area contributed by atoms with Crippen molar-refractivity contribution in [2.24, 2.45) is 11.3 Å². The number of para-hydroxylation sites is 1. The van der Waals surface area contributed by atoms with Crippen molar-refractivity contribution in [3.63, 3.8) is 0 Å². The highest BCUT2D eigenvalue weighted by Gasteiger charge is 2.58. The van der Waals surface area contributed by atoms with Crippen LogP contribution in [-0.2, 0) is 4.74 Å². The second-order valence-electron chi connectivity index (χ2n) is 6.51. The van der Waals surface area contributed by atoms with E-state index in [1.165, 1.54) is 6.42 Å². The summed E-state index contributed by atoms with van der Waals surface area (Å²) in [5.74, 6) is 1.68. The van der Waals surface area contributed by atoms with E-state index in [-0.39, 0.29) is 5.41 Å². The summed E-state index contributed by atoms with van der Waals surface area (Å²) in [5.41, 5.74) is 0.279. The minimum absolute atomic E-state index is 0.279. The van der Waals surface area contributed by atoms with Crippen LogP contribution in [0.15, 0.2) is 30.3 Å². The number of hydrogen-bond donors (Lipinski definition) is 1. The van der Waals surface area contributed by atoms with Crippen molar-refractivity contribution >= 4 is 0 Å².